The van der Waals surface area contributed by atoms with E-state index in [0.717, 1.165) is 19.3 Å². The summed E-state index contributed by atoms with van der Waals surface area (Å²) in [6.07, 6.45) is 11.3. The molecule has 1 amide bonds. The minimum atomic E-state index is 0.0803. The van der Waals surface area contributed by atoms with E-state index in [1.807, 2.05) is 0 Å². The Labute approximate surface area is 111 Å². The lowest BCUT2D eigenvalue weighted by Crippen LogP contribution is -2.24. The fourth-order valence-corrected chi connectivity index (χ4v) is 2.41. The molecule has 1 atom stereocenters. The highest BCUT2D eigenvalue weighted by Crippen LogP contribution is 2.20. The van der Waals surface area contributed by atoms with Crippen LogP contribution < -0.4 is 5.43 Å². The molecule has 0 aromatic heterocycles. The van der Waals surface area contributed by atoms with Crippen molar-refractivity contribution >= 4 is 11.6 Å². The van der Waals surface area contributed by atoms with Crippen molar-refractivity contribution in [2.24, 2.45) is 11.0 Å². The predicted molar refractivity (Wildman–Crippen MR) is 76.6 cm³/mol. The van der Waals surface area contributed by atoms with Crippen molar-refractivity contribution in [3.8, 4) is 0 Å². The molecule has 18 heavy (non-hydrogen) atoms. The van der Waals surface area contributed by atoms with E-state index in [9.17, 15) is 4.79 Å². The van der Waals surface area contributed by atoms with Crippen molar-refractivity contribution < 1.29 is 4.79 Å². The zero-order chi connectivity index (χ0) is 13.2. The molecule has 104 valence electrons. The van der Waals surface area contributed by atoms with Gasteiger partial charge in [-0.25, -0.2) is 5.43 Å². The van der Waals surface area contributed by atoms with E-state index in [1.165, 1.54) is 44.2 Å². The van der Waals surface area contributed by atoms with E-state index in [-0.39, 0.29) is 5.91 Å². The van der Waals surface area contributed by atoms with Gasteiger partial charge in [0.05, 0.1) is 0 Å². The smallest absolute Gasteiger partial charge is 0.240 e. The van der Waals surface area contributed by atoms with Crippen LogP contribution in [0.4, 0.5) is 0 Å². The second kappa shape index (κ2) is 9.12. The SMILES string of the molecule is CCCCCCCC(=O)NN=C1CCCCC1C. The van der Waals surface area contributed by atoms with Crippen LogP contribution in [0.25, 0.3) is 0 Å². The molecule has 1 rings (SSSR count). The number of hydrazone groups is 1. The van der Waals surface area contributed by atoms with Crippen molar-refractivity contribution in [2.45, 2.75) is 78.1 Å². The largest absolute Gasteiger partial charge is 0.273 e. The second-order valence-electron chi connectivity index (χ2n) is 5.45. The number of hydrogen-bond donors (Lipinski definition) is 1. The van der Waals surface area contributed by atoms with E-state index in [1.54, 1.807) is 0 Å². The summed E-state index contributed by atoms with van der Waals surface area (Å²) in [5.41, 5.74) is 3.90. The van der Waals surface area contributed by atoms with E-state index < -0.39 is 0 Å². The van der Waals surface area contributed by atoms with E-state index >= 15 is 0 Å². The van der Waals surface area contributed by atoms with E-state index in [4.69, 9.17) is 0 Å². The summed E-state index contributed by atoms with van der Waals surface area (Å²) in [5, 5.41) is 4.30. The summed E-state index contributed by atoms with van der Waals surface area (Å²) in [6, 6.07) is 0. The topological polar surface area (TPSA) is 41.5 Å². The fourth-order valence-electron chi connectivity index (χ4n) is 2.41. The number of nitrogens with one attached hydrogen (secondary N) is 1. The van der Waals surface area contributed by atoms with Gasteiger partial charge in [-0.1, -0.05) is 46.0 Å². The van der Waals surface area contributed by atoms with Crippen molar-refractivity contribution in [2.75, 3.05) is 0 Å². The molecule has 0 bridgehead atoms. The number of unbranched alkanes of at least 4 members (excludes halogenated alkanes) is 4. The Morgan fingerprint density at radius 2 is 2.06 bits per heavy atom. The van der Waals surface area contributed by atoms with Gasteiger partial charge in [0.25, 0.3) is 0 Å². The first-order chi connectivity index (χ1) is 8.74. The molecule has 1 N–H and O–H groups in total. The number of nitrogens with zero attached hydrogens (tertiary/aromatic N) is 1. The van der Waals surface area contributed by atoms with Crippen LogP contribution in [-0.4, -0.2) is 11.6 Å². The van der Waals surface area contributed by atoms with E-state index in [0.29, 0.717) is 12.3 Å². The quantitative estimate of drug-likeness (QED) is 0.539. The van der Waals surface area contributed by atoms with Gasteiger partial charge in [-0.2, -0.15) is 5.10 Å². The standard InChI is InChI=1S/C15H28N2O/c1-3-4-5-6-7-12-15(18)17-16-14-11-9-8-10-13(14)2/h13H,3-12H2,1-2H3,(H,17,18). The Balaban J connectivity index is 2.13. The maximum absolute atomic E-state index is 11.6. The Morgan fingerprint density at radius 3 is 2.78 bits per heavy atom. The number of carbonyl (C=O) groups excluding carboxylic acids is 1. The molecule has 0 radical (unpaired) electrons. The van der Waals surface area contributed by atoms with Crippen molar-refractivity contribution in [3.63, 3.8) is 0 Å². The first-order valence-electron chi connectivity index (χ1n) is 7.59. The maximum atomic E-state index is 11.6. The zero-order valence-corrected chi connectivity index (χ0v) is 12.0. The highest BCUT2D eigenvalue weighted by molar-refractivity contribution is 5.88. The molecule has 0 saturated heterocycles. The third-order valence-electron chi connectivity index (χ3n) is 3.72. The molecule has 0 heterocycles. The molecule has 1 aliphatic rings. The molecule has 0 spiro atoms. The number of rotatable bonds is 7. The average molecular weight is 252 g/mol. The summed E-state index contributed by atoms with van der Waals surface area (Å²) in [7, 11) is 0. The van der Waals surface area contributed by atoms with Crippen LogP contribution in [0.1, 0.15) is 78.1 Å². The highest BCUT2D eigenvalue weighted by Gasteiger charge is 2.15. The van der Waals surface area contributed by atoms with Gasteiger partial charge in [-0.05, 0) is 31.6 Å². The minimum Gasteiger partial charge on any atom is -0.273 e. The Hall–Kier alpha value is -0.860. The third-order valence-corrected chi connectivity index (χ3v) is 3.72. The molecule has 0 aromatic carbocycles. The van der Waals surface area contributed by atoms with Crippen molar-refractivity contribution in [1.29, 1.82) is 0 Å². The lowest BCUT2D eigenvalue weighted by atomic mass is 9.89. The van der Waals surface area contributed by atoms with Crippen molar-refractivity contribution in [1.82, 2.24) is 5.43 Å². The zero-order valence-electron chi connectivity index (χ0n) is 12.0. The second-order valence-corrected chi connectivity index (χ2v) is 5.45. The molecular weight excluding hydrogens is 224 g/mol. The number of carbonyl (C=O) groups is 1. The third kappa shape index (κ3) is 6.18. The summed E-state index contributed by atoms with van der Waals surface area (Å²) < 4.78 is 0. The predicted octanol–water partition coefficient (Wildman–Crippen LogP) is 4.03. The van der Waals surface area contributed by atoms with Gasteiger partial charge in [0, 0.05) is 12.1 Å². The van der Waals surface area contributed by atoms with Gasteiger partial charge in [0.15, 0.2) is 0 Å². The average Bonchev–Trinajstić information content (AvgIpc) is 2.37. The van der Waals surface area contributed by atoms with Gasteiger partial charge in [0.1, 0.15) is 0 Å². The highest BCUT2D eigenvalue weighted by atomic mass is 16.2. The van der Waals surface area contributed by atoms with Gasteiger partial charge < -0.3 is 0 Å². The molecule has 3 nitrogen and oxygen atoms in total. The fraction of sp³-hybridized carbons (Fsp3) is 0.867. The first-order valence-corrected chi connectivity index (χ1v) is 7.59. The van der Waals surface area contributed by atoms with Crippen LogP contribution in [0.3, 0.4) is 0 Å². The molecule has 1 aliphatic carbocycles. The van der Waals surface area contributed by atoms with Gasteiger partial charge in [-0.3, -0.25) is 4.79 Å². The molecule has 0 aromatic rings. The molecule has 1 unspecified atom stereocenters. The summed E-state index contributed by atoms with van der Waals surface area (Å²) >= 11 is 0. The number of amides is 1. The van der Waals surface area contributed by atoms with Crippen LogP contribution in [0.2, 0.25) is 0 Å². The maximum Gasteiger partial charge on any atom is 0.240 e. The van der Waals surface area contributed by atoms with Gasteiger partial charge >= 0.3 is 0 Å². The molecule has 1 fully saturated rings. The van der Waals surface area contributed by atoms with Crippen LogP contribution >= 0.6 is 0 Å². The van der Waals surface area contributed by atoms with E-state index in [2.05, 4.69) is 24.4 Å². The molecule has 0 aliphatic heterocycles. The van der Waals surface area contributed by atoms with Crippen LogP contribution in [0.5, 0.6) is 0 Å². The van der Waals surface area contributed by atoms with Gasteiger partial charge in [-0.15, -0.1) is 0 Å². The molecule has 3 heteroatoms. The minimum absolute atomic E-state index is 0.0803. The Morgan fingerprint density at radius 1 is 1.28 bits per heavy atom. The Kier molecular flexibility index (Phi) is 7.70. The lowest BCUT2D eigenvalue weighted by molar-refractivity contribution is -0.121. The van der Waals surface area contributed by atoms with Crippen LogP contribution in [-0.2, 0) is 4.79 Å². The Bertz CT molecular complexity index is 274. The normalized spacial score (nSPS) is 22.1. The summed E-state index contributed by atoms with van der Waals surface area (Å²) in [4.78, 5) is 11.6. The molecule has 1 saturated carbocycles. The van der Waals surface area contributed by atoms with Crippen molar-refractivity contribution in [3.05, 3.63) is 0 Å². The van der Waals surface area contributed by atoms with Crippen LogP contribution in [0, 0.1) is 5.92 Å². The summed E-state index contributed by atoms with van der Waals surface area (Å²) in [6.45, 7) is 4.41. The lowest BCUT2D eigenvalue weighted by Gasteiger charge is -2.19. The van der Waals surface area contributed by atoms with Crippen LogP contribution in [0.15, 0.2) is 5.10 Å². The molecular formula is C15H28N2O. The summed E-state index contributed by atoms with van der Waals surface area (Å²) in [5.74, 6) is 0.625. The number of hydrogen-bond acceptors (Lipinski definition) is 2. The monoisotopic (exact) mass is 252 g/mol. The first kappa shape index (κ1) is 15.2. The van der Waals surface area contributed by atoms with Gasteiger partial charge in [0.2, 0.25) is 5.91 Å².